The number of hydrogen-bond donors (Lipinski definition) is 1. The third-order valence-corrected chi connectivity index (χ3v) is 1.25. The number of halogens is 1. The van der Waals surface area contributed by atoms with Crippen LogP contribution in [0.3, 0.4) is 0 Å². The summed E-state index contributed by atoms with van der Waals surface area (Å²) in [6.07, 6.45) is 0.407. The van der Waals surface area contributed by atoms with Crippen molar-refractivity contribution in [3.05, 3.63) is 11.4 Å². The SMILES string of the molecule is CCC(F)=C(CC)C(=O)O. The Labute approximate surface area is 59.4 Å². The lowest BCUT2D eigenvalue weighted by atomic mass is 10.1. The summed E-state index contributed by atoms with van der Waals surface area (Å²) in [5.74, 6) is -1.67. The summed E-state index contributed by atoms with van der Waals surface area (Å²) in [6.45, 7) is 3.21. The first kappa shape index (κ1) is 9.14. The molecule has 0 unspecified atom stereocenters. The summed E-state index contributed by atoms with van der Waals surface area (Å²) in [6, 6.07) is 0. The molecule has 0 saturated heterocycles. The molecular formula is C7H11FO2. The molecule has 0 aliphatic carbocycles. The van der Waals surface area contributed by atoms with Crippen LogP contribution in [0, 0.1) is 0 Å². The Morgan fingerprint density at radius 2 is 1.90 bits per heavy atom. The molecule has 0 spiro atoms. The van der Waals surface area contributed by atoms with Crippen LogP contribution in [0.5, 0.6) is 0 Å². The van der Waals surface area contributed by atoms with E-state index in [-0.39, 0.29) is 18.4 Å². The number of carbonyl (C=O) groups is 1. The number of carboxylic acid groups (broad SMARTS) is 1. The maximum Gasteiger partial charge on any atom is 0.334 e. The van der Waals surface area contributed by atoms with Crippen LogP contribution < -0.4 is 0 Å². The predicted molar refractivity (Wildman–Crippen MR) is 36.4 cm³/mol. The topological polar surface area (TPSA) is 37.3 Å². The molecule has 0 aromatic rings. The lowest BCUT2D eigenvalue weighted by Crippen LogP contribution is -2.01. The quantitative estimate of drug-likeness (QED) is 0.619. The lowest BCUT2D eigenvalue weighted by molar-refractivity contribution is -0.132. The molecule has 0 radical (unpaired) electrons. The monoisotopic (exact) mass is 146 g/mol. The summed E-state index contributed by atoms with van der Waals surface area (Å²) in [5, 5.41) is 8.38. The Kier molecular flexibility index (Phi) is 3.69. The third kappa shape index (κ3) is 2.17. The summed E-state index contributed by atoms with van der Waals surface area (Å²) in [4.78, 5) is 10.2. The van der Waals surface area contributed by atoms with Crippen molar-refractivity contribution in [1.29, 1.82) is 0 Å². The van der Waals surface area contributed by atoms with Crippen molar-refractivity contribution >= 4 is 5.97 Å². The van der Waals surface area contributed by atoms with E-state index in [0.717, 1.165) is 0 Å². The van der Waals surface area contributed by atoms with Gasteiger partial charge in [-0.25, -0.2) is 9.18 Å². The Morgan fingerprint density at radius 3 is 2.00 bits per heavy atom. The minimum atomic E-state index is -1.15. The van der Waals surface area contributed by atoms with Gasteiger partial charge in [0.2, 0.25) is 0 Å². The van der Waals surface area contributed by atoms with Gasteiger partial charge in [0, 0.05) is 0 Å². The average Bonchev–Trinajstić information content (AvgIpc) is 1.88. The van der Waals surface area contributed by atoms with E-state index in [2.05, 4.69) is 0 Å². The highest BCUT2D eigenvalue weighted by atomic mass is 19.1. The van der Waals surface area contributed by atoms with Gasteiger partial charge in [0.15, 0.2) is 0 Å². The minimum absolute atomic E-state index is 0.109. The molecule has 0 aromatic carbocycles. The lowest BCUT2D eigenvalue weighted by Gasteiger charge is -1.97. The maximum absolute atomic E-state index is 12.5. The van der Waals surface area contributed by atoms with Crippen molar-refractivity contribution in [3.8, 4) is 0 Å². The first-order chi connectivity index (χ1) is 4.63. The van der Waals surface area contributed by atoms with Crippen molar-refractivity contribution in [3.63, 3.8) is 0 Å². The van der Waals surface area contributed by atoms with Crippen molar-refractivity contribution in [2.75, 3.05) is 0 Å². The van der Waals surface area contributed by atoms with Gasteiger partial charge in [0.05, 0.1) is 5.57 Å². The molecule has 2 nitrogen and oxygen atoms in total. The zero-order valence-corrected chi connectivity index (χ0v) is 6.15. The van der Waals surface area contributed by atoms with Crippen LogP contribution in [-0.4, -0.2) is 11.1 Å². The molecule has 10 heavy (non-hydrogen) atoms. The smallest absolute Gasteiger partial charge is 0.334 e. The molecule has 58 valence electrons. The van der Waals surface area contributed by atoms with Crippen LogP contribution in [0.25, 0.3) is 0 Å². The van der Waals surface area contributed by atoms with Gasteiger partial charge in [-0.05, 0) is 12.8 Å². The molecule has 0 atom stereocenters. The highest BCUT2D eigenvalue weighted by Gasteiger charge is 2.09. The first-order valence-corrected chi connectivity index (χ1v) is 3.24. The van der Waals surface area contributed by atoms with Crippen LogP contribution in [0.2, 0.25) is 0 Å². The molecule has 0 bridgehead atoms. The molecule has 0 amide bonds. The second kappa shape index (κ2) is 4.04. The van der Waals surface area contributed by atoms with E-state index in [0.29, 0.717) is 0 Å². The number of allylic oxidation sites excluding steroid dienone is 1. The van der Waals surface area contributed by atoms with Gasteiger partial charge >= 0.3 is 5.97 Å². The molecule has 0 rings (SSSR count). The zero-order chi connectivity index (χ0) is 8.15. The second-order valence-electron chi connectivity index (χ2n) is 1.90. The van der Waals surface area contributed by atoms with Gasteiger partial charge in [-0.3, -0.25) is 0 Å². The summed E-state index contributed by atoms with van der Waals surface area (Å²) in [7, 11) is 0. The van der Waals surface area contributed by atoms with Gasteiger partial charge in [0.25, 0.3) is 0 Å². The molecule has 0 saturated carbocycles. The largest absolute Gasteiger partial charge is 0.478 e. The Morgan fingerprint density at radius 1 is 1.40 bits per heavy atom. The van der Waals surface area contributed by atoms with Crippen molar-refractivity contribution in [2.45, 2.75) is 26.7 Å². The third-order valence-electron chi connectivity index (χ3n) is 1.25. The van der Waals surface area contributed by atoms with Crippen molar-refractivity contribution < 1.29 is 14.3 Å². The van der Waals surface area contributed by atoms with Crippen LogP contribution in [-0.2, 0) is 4.79 Å². The van der Waals surface area contributed by atoms with Crippen LogP contribution >= 0.6 is 0 Å². The second-order valence-corrected chi connectivity index (χ2v) is 1.90. The fourth-order valence-electron chi connectivity index (χ4n) is 0.672. The van der Waals surface area contributed by atoms with E-state index in [1.54, 1.807) is 13.8 Å². The molecule has 0 aliphatic heterocycles. The van der Waals surface area contributed by atoms with Gasteiger partial charge in [-0.1, -0.05) is 13.8 Å². The highest BCUT2D eigenvalue weighted by Crippen LogP contribution is 2.13. The van der Waals surface area contributed by atoms with Gasteiger partial charge < -0.3 is 5.11 Å². The molecule has 0 fully saturated rings. The van der Waals surface area contributed by atoms with E-state index in [1.165, 1.54) is 0 Å². The molecule has 0 aromatic heterocycles. The highest BCUT2D eigenvalue weighted by molar-refractivity contribution is 5.86. The average molecular weight is 146 g/mol. The molecular weight excluding hydrogens is 135 g/mol. The number of hydrogen-bond acceptors (Lipinski definition) is 1. The minimum Gasteiger partial charge on any atom is -0.478 e. The standard InChI is InChI=1S/C7H11FO2/c1-3-5(7(9)10)6(8)4-2/h3-4H2,1-2H3,(H,9,10). The zero-order valence-electron chi connectivity index (χ0n) is 6.15. The molecule has 0 heterocycles. The summed E-state index contributed by atoms with van der Waals surface area (Å²) >= 11 is 0. The Balaban J connectivity index is 4.45. The van der Waals surface area contributed by atoms with Gasteiger partial charge in [-0.15, -0.1) is 0 Å². The molecule has 0 aliphatic rings. The first-order valence-electron chi connectivity index (χ1n) is 3.24. The van der Waals surface area contributed by atoms with Crippen LogP contribution in [0.4, 0.5) is 4.39 Å². The van der Waals surface area contributed by atoms with Crippen molar-refractivity contribution in [2.24, 2.45) is 0 Å². The fourth-order valence-corrected chi connectivity index (χ4v) is 0.672. The van der Waals surface area contributed by atoms with Crippen molar-refractivity contribution in [1.82, 2.24) is 0 Å². The maximum atomic E-state index is 12.5. The Hall–Kier alpha value is -0.860. The number of carboxylic acids is 1. The van der Waals surface area contributed by atoms with Gasteiger partial charge in [0.1, 0.15) is 5.83 Å². The van der Waals surface area contributed by atoms with E-state index < -0.39 is 11.8 Å². The van der Waals surface area contributed by atoms with Crippen LogP contribution in [0.15, 0.2) is 11.4 Å². The molecule has 3 heteroatoms. The number of rotatable bonds is 3. The normalized spacial score (nSPS) is 12.7. The fraction of sp³-hybridized carbons (Fsp3) is 0.571. The van der Waals surface area contributed by atoms with E-state index in [9.17, 15) is 9.18 Å². The summed E-state index contributed by atoms with van der Waals surface area (Å²) < 4.78 is 12.5. The number of aliphatic carboxylic acids is 1. The van der Waals surface area contributed by atoms with Crippen LogP contribution in [0.1, 0.15) is 26.7 Å². The van der Waals surface area contributed by atoms with E-state index >= 15 is 0 Å². The predicted octanol–water partition coefficient (Wildman–Crippen LogP) is 2.11. The molecule has 1 N–H and O–H groups in total. The van der Waals surface area contributed by atoms with E-state index in [4.69, 9.17) is 5.11 Å². The Bertz CT molecular complexity index is 161. The van der Waals surface area contributed by atoms with E-state index in [1.807, 2.05) is 0 Å². The summed E-state index contributed by atoms with van der Waals surface area (Å²) in [5.41, 5.74) is -0.109. The van der Waals surface area contributed by atoms with Gasteiger partial charge in [-0.2, -0.15) is 0 Å².